The number of aromatic nitrogens is 4. The Morgan fingerprint density at radius 1 is 0.854 bits per heavy atom. The fourth-order valence-corrected chi connectivity index (χ4v) is 5.36. The lowest BCUT2D eigenvalue weighted by atomic mass is 10.0. The third-order valence-corrected chi connectivity index (χ3v) is 7.50. The Balaban J connectivity index is 1.37. The van der Waals surface area contributed by atoms with Gasteiger partial charge in [0.2, 0.25) is 5.95 Å². The van der Waals surface area contributed by atoms with Crippen molar-refractivity contribution in [3.63, 3.8) is 0 Å². The summed E-state index contributed by atoms with van der Waals surface area (Å²) in [6.45, 7) is 1.25. The lowest BCUT2D eigenvalue weighted by molar-refractivity contribution is 0.391. The van der Waals surface area contributed by atoms with Gasteiger partial charge < -0.3 is 9.47 Å². The Labute approximate surface area is 236 Å². The molecule has 0 radical (unpaired) electrons. The van der Waals surface area contributed by atoms with E-state index in [1.807, 2.05) is 89.8 Å². The molecular formula is C32H27N7O2. The first-order chi connectivity index (χ1) is 20.0. The van der Waals surface area contributed by atoms with Gasteiger partial charge in [-0.15, -0.1) is 0 Å². The highest BCUT2D eigenvalue weighted by atomic mass is 16.2. The zero-order valence-electron chi connectivity index (χ0n) is 22.5. The molecule has 0 unspecified atom stereocenters. The molecule has 9 heteroatoms. The van der Waals surface area contributed by atoms with Gasteiger partial charge in [-0.25, -0.2) is 15.0 Å². The van der Waals surface area contributed by atoms with Crippen molar-refractivity contribution in [1.29, 1.82) is 5.26 Å². The minimum Gasteiger partial charge on any atom is -0.341 e. The summed E-state index contributed by atoms with van der Waals surface area (Å²) in [6.07, 6.45) is 4.32. The molecule has 202 valence electrons. The predicted octanol–water partition coefficient (Wildman–Crippen LogP) is 4.37. The van der Waals surface area contributed by atoms with E-state index in [4.69, 9.17) is 10.3 Å². The largest absolute Gasteiger partial charge is 0.341 e. The number of aliphatic imine (C=N–C) groups is 1. The third kappa shape index (κ3) is 5.03. The molecule has 1 fully saturated rings. The maximum Gasteiger partial charge on any atom is 0.317 e. The van der Waals surface area contributed by atoms with Crippen molar-refractivity contribution in [2.75, 3.05) is 18.0 Å². The molecule has 0 bridgehead atoms. The molecule has 0 aliphatic carbocycles. The maximum atomic E-state index is 13.3. The van der Waals surface area contributed by atoms with Gasteiger partial charge in [0.05, 0.1) is 40.4 Å². The first kappa shape index (κ1) is 25.9. The molecule has 0 atom stereocenters. The molecule has 0 N–H and O–H groups in total. The van der Waals surface area contributed by atoms with Gasteiger partial charge in [-0.3, -0.25) is 14.2 Å². The number of anilines is 1. The first-order valence-corrected chi connectivity index (χ1v) is 13.5. The van der Waals surface area contributed by atoms with E-state index in [2.05, 4.69) is 9.97 Å². The SMILES string of the molecule is Cn1c(=O)c(=O)n(C2CCN(c3ncc(C#N)cn3)CC2)c2ccc(N=C(c3ccccc3)c3ccccc3)cc21. The second-order valence-corrected chi connectivity index (χ2v) is 10.0. The van der Waals surface area contributed by atoms with Crippen LogP contribution >= 0.6 is 0 Å². The van der Waals surface area contributed by atoms with Gasteiger partial charge in [-0.2, -0.15) is 5.26 Å². The molecule has 3 aromatic carbocycles. The second kappa shape index (κ2) is 11.0. The van der Waals surface area contributed by atoms with Gasteiger partial charge in [-0.05, 0) is 31.0 Å². The highest BCUT2D eigenvalue weighted by Crippen LogP contribution is 2.28. The van der Waals surface area contributed by atoms with E-state index in [1.54, 1.807) is 11.6 Å². The van der Waals surface area contributed by atoms with E-state index in [0.717, 1.165) is 16.8 Å². The Morgan fingerprint density at radius 2 is 1.46 bits per heavy atom. The molecule has 2 aromatic heterocycles. The van der Waals surface area contributed by atoms with E-state index >= 15 is 0 Å². The van der Waals surface area contributed by atoms with Crippen LogP contribution in [0.3, 0.4) is 0 Å². The van der Waals surface area contributed by atoms with Crippen LogP contribution in [0.25, 0.3) is 11.0 Å². The molecule has 6 rings (SSSR count). The van der Waals surface area contributed by atoms with Crippen LogP contribution in [0.5, 0.6) is 0 Å². The summed E-state index contributed by atoms with van der Waals surface area (Å²) >= 11 is 0. The summed E-state index contributed by atoms with van der Waals surface area (Å²) in [5.41, 5.74) is 4.13. The van der Waals surface area contributed by atoms with E-state index < -0.39 is 11.1 Å². The average molecular weight is 542 g/mol. The van der Waals surface area contributed by atoms with Crippen LogP contribution < -0.4 is 16.0 Å². The summed E-state index contributed by atoms with van der Waals surface area (Å²) in [4.78, 5) is 42.0. The third-order valence-electron chi connectivity index (χ3n) is 7.50. The van der Waals surface area contributed by atoms with Crippen LogP contribution in [0.4, 0.5) is 11.6 Å². The van der Waals surface area contributed by atoms with E-state index in [1.165, 1.54) is 17.0 Å². The second-order valence-electron chi connectivity index (χ2n) is 10.0. The van der Waals surface area contributed by atoms with Crippen molar-refractivity contribution in [3.05, 3.63) is 129 Å². The van der Waals surface area contributed by atoms with E-state index in [0.29, 0.717) is 54.2 Å². The fourth-order valence-electron chi connectivity index (χ4n) is 5.36. The summed E-state index contributed by atoms with van der Waals surface area (Å²) in [6, 6.07) is 27.5. The molecule has 1 aliphatic rings. The number of piperidine rings is 1. The van der Waals surface area contributed by atoms with Crippen LogP contribution in [0, 0.1) is 11.3 Å². The quantitative estimate of drug-likeness (QED) is 0.241. The normalized spacial score (nSPS) is 13.6. The molecule has 0 spiro atoms. The molecular weight excluding hydrogens is 514 g/mol. The smallest absolute Gasteiger partial charge is 0.317 e. The number of aryl methyl sites for hydroxylation is 1. The van der Waals surface area contributed by atoms with Gasteiger partial charge in [0.15, 0.2) is 0 Å². The van der Waals surface area contributed by atoms with Crippen molar-refractivity contribution < 1.29 is 0 Å². The summed E-state index contributed by atoms with van der Waals surface area (Å²) in [5.74, 6) is 0.554. The molecule has 0 amide bonds. The minimum atomic E-state index is -0.567. The van der Waals surface area contributed by atoms with Crippen LogP contribution in [-0.4, -0.2) is 37.9 Å². The van der Waals surface area contributed by atoms with Gasteiger partial charge in [0.1, 0.15) is 6.07 Å². The van der Waals surface area contributed by atoms with Crippen molar-refractivity contribution >= 4 is 28.4 Å². The summed E-state index contributed by atoms with van der Waals surface area (Å²) in [5, 5.41) is 9.01. The van der Waals surface area contributed by atoms with Crippen molar-refractivity contribution in [2.24, 2.45) is 12.0 Å². The molecule has 3 heterocycles. The van der Waals surface area contributed by atoms with Crippen molar-refractivity contribution in [1.82, 2.24) is 19.1 Å². The van der Waals surface area contributed by atoms with Crippen LogP contribution in [0.1, 0.15) is 35.6 Å². The minimum absolute atomic E-state index is 0.146. The van der Waals surface area contributed by atoms with Crippen LogP contribution in [-0.2, 0) is 7.05 Å². The van der Waals surface area contributed by atoms with Gasteiger partial charge in [0, 0.05) is 37.3 Å². The summed E-state index contributed by atoms with van der Waals surface area (Å²) < 4.78 is 3.06. The highest BCUT2D eigenvalue weighted by molar-refractivity contribution is 6.14. The molecule has 0 saturated carbocycles. The fraction of sp³-hybridized carbons (Fsp3) is 0.188. The van der Waals surface area contributed by atoms with Gasteiger partial charge in [-0.1, -0.05) is 60.7 Å². The van der Waals surface area contributed by atoms with E-state index in [9.17, 15) is 9.59 Å². The zero-order valence-corrected chi connectivity index (χ0v) is 22.5. The first-order valence-electron chi connectivity index (χ1n) is 13.5. The average Bonchev–Trinajstić information content (AvgIpc) is 3.04. The maximum absolute atomic E-state index is 13.3. The number of fused-ring (bicyclic) bond motifs is 1. The van der Waals surface area contributed by atoms with Gasteiger partial charge in [0.25, 0.3) is 0 Å². The molecule has 9 nitrogen and oxygen atoms in total. The topological polar surface area (TPSA) is 109 Å². The molecule has 1 saturated heterocycles. The molecule has 41 heavy (non-hydrogen) atoms. The molecule has 5 aromatic rings. The van der Waals surface area contributed by atoms with Crippen LogP contribution in [0.2, 0.25) is 0 Å². The van der Waals surface area contributed by atoms with Crippen molar-refractivity contribution in [2.45, 2.75) is 18.9 Å². The predicted molar refractivity (Wildman–Crippen MR) is 159 cm³/mol. The Kier molecular flexibility index (Phi) is 6.96. The van der Waals surface area contributed by atoms with Crippen LogP contribution in [0.15, 0.2) is 106 Å². The number of nitriles is 1. The number of nitrogens with zero attached hydrogens (tertiary/aromatic N) is 7. The Bertz CT molecular complexity index is 1860. The standard InChI is InChI=1S/C32H27N7O2/c1-37-28-18-25(36-29(23-8-4-2-5-9-23)24-10-6-3-7-11-24)12-13-27(28)39(31(41)30(37)40)26-14-16-38(17-15-26)32-34-20-22(19-33)21-35-32/h2-13,18,20-21,26H,14-17H2,1H3. The number of benzene rings is 3. The number of rotatable bonds is 5. The zero-order chi connectivity index (χ0) is 28.3. The van der Waals surface area contributed by atoms with Gasteiger partial charge >= 0.3 is 11.1 Å². The monoisotopic (exact) mass is 541 g/mol. The number of hydrogen-bond acceptors (Lipinski definition) is 7. The Hall–Kier alpha value is -5.36. The highest BCUT2D eigenvalue weighted by Gasteiger charge is 2.26. The summed E-state index contributed by atoms with van der Waals surface area (Å²) in [7, 11) is 1.63. The Morgan fingerprint density at radius 3 is 2.05 bits per heavy atom. The van der Waals surface area contributed by atoms with E-state index in [-0.39, 0.29) is 6.04 Å². The lowest BCUT2D eigenvalue weighted by Crippen LogP contribution is -2.45. The number of hydrogen-bond donors (Lipinski definition) is 0. The lowest BCUT2D eigenvalue weighted by Gasteiger charge is -2.33. The molecule has 1 aliphatic heterocycles. The van der Waals surface area contributed by atoms with Crippen molar-refractivity contribution in [3.8, 4) is 6.07 Å².